The Labute approximate surface area is 192 Å². The molecule has 2 aliphatic rings. The van der Waals surface area contributed by atoms with E-state index in [1.54, 1.807) is 20.2 Å². The highest BCUT2D eigenvalue weighted by atomic mass is 35.5. The summed E-state index contributed by atoms with van der Waals surface area (Å²) in [5.74, 6) is 0.122. The third-order valence-electron chi connectivity index (χ3n) is 6.52. The van der Waals surface area contributed by atoms with Crippen LogP contribution in [-0.2, 0) is 9.47 Å². The SMILES string of the molecule is CCOC(=O)c1cn2c(cc1=O)-c1nc(Cl)c(OCCCOC)cc1[C@H]1CCC(C)(C)[C@H]12. The van der Waals surface area contributed by atoms with E-state index < -0.39 is 5.97 Å². The highest BCUT2D eigenvalue weighted by Gasteiger charge is 2.48. The molecule has 1 aliphatic heterocycles. The number of carbonyl (C=O) groups excluding carboxylic acids is 1. The van der Waals surface area contributed by atoms with Crippen molar-refractivity contribution >= 4 is 17.6 Å². The summed E-state index contributed by atoms with van der Waals surface area (Å²) in [6, 6.07) is 3.53. The average molecular weight is 461 g/mol. The molecule has 2 aromatic rings. The van der Waals surface area contributed by atoms with Gasteiger partial charge in [-0.05, 0) is 36.8 Å². The molecule has 2 aromatic heterocycles. The Morgan fingerprint density at radius 1 is 1.31 bits per heavy atom. The van der Waals surface area contributed by atoms with Crippen molar-refractivity contribution in [3.05, 3.63) is 44.8 Å². The molecule has 0 saturated heterocycles. The number of esters is 1. The van der Waals surface area contributed by atoms with Crippen molar-refractivity contribution in [2.45, 2.75) is 52.0 Å². The number of nitrogens with zero attached hydrogens (tertiary/aromatic N) is 2. The Hall–Kier alpha value is -2.38. The number of pyridine rings is 2. The summed E-state index contributed by atoms with van der Waals surface area (Å²) >= 11 is 6.47. The highest BCUT2D eigenvalue weighted by molar-refractivity contribution is 6.31. The lowest BCUT2D eigenvalue weighted by atomic mass is 9.79. The van der Waals surface area contributed by atoms with Crippen LogP contribution in [0.3, 0.4) is 0 Å². The standard InChI is InChI=1S/C24H29ClN2O5/c1-5-31-23(29)16-13-27-17(12-18(16)28)20-15(14-7-8-24(2,3)21(14)27)11-19(22(25)26-20)32-10-6-9-30-4/h11-14,21H,5-10H2,1-4H3/t14-,21+/m1/s1. The van der Waals surface area contributed by atoms with E-state index in [2.05, 4.69) is 18.8 Å². The van der Waals surface area contributed by atoms with E-state index >= 15 is 0 Å². The lowest BCUT2D eigenvalue weighted by Crippen LogP contribution is -2.32. The zero-order chi connectivity index (χ0) is 23.0. The summed E-state index contributed by atoms with van der Waals surface area (Å²) in [4.78, 5) is 29.9. The van der Waals surface area contributed by atoms with E-state index in [1.165, 1.54) is 6.07 Å². The average Bonchev–Trinajstić information content (AvgIpc) is 3.07. The third-order valence-corrected chi connectivity index (χ3v) is 6.79. The maximum atomic E-state index is 12.8. The van der Waals surface area contributed by atoms with Crippen molar-refractivity contribution in [3.8, 4) is 17.1 Å². The van der Waals surface area contributed by atoms with Crippen LogP contribution >= 0.6 is 11.6 Å². The molecular weight excluding hydrogens is 432 g/mol. The highest BCUT2D eigenvalue weighted by Crippen LogP contribution is 2.59. The predicted molar refractivity (Wildman–Crippen MR) is 122 cm³/mol. The van der Waals surface area contributed by atoms with Gasteiger partial charge in [-0.25, -0.2) is 9.78 Å². The van der Waals surface area contributed by atoms with Crippen LogP contribution < -0.4 is 10.2 Å². The largest absolute Gasteiger partial charge is 0.490 e. The van der Waals surface area contributed by atoms with Gasteiger partial charge in [-0.15, -0.1) is 0 Å². The lowest BCUT2D eigenvalue weighted by Gasteiger charge is -2.39. The number of hydrogen-bond donors (Lipinski definition) is 0. The Kier molecular flexibility index (Phi) is 6.32. The molecule has 1 fully saturated rings. The Balaban J connectivity index is 1.84. The van der Waals surface area contributed by atoms with Gasteiger partial charge < -0.3 is 18.8 Å². The fraction of sp³-hybridized carbons (Fsp3) is 0.542. The first-order valence-electron chi connectivity index (χ1n) is 11.0. The first-order chi connectivity index (χ1) is 15.3. The van der Waals surface area contributed by atoms with Crippen LogP contribution in [0.5, 0.6) is 5.75 Å². The molecule has 0 unspecified atom stereocenters. The molecule has 8 heteroatoms. The number of ether oxygens (including phenoxy) is 3. The summed E-state index contributed by atoms with van der Waals surface area (Å²) in [5.41, 5.74) is 2.01. The van der Waals surface area contributed by atoms with Crippen molar-refractivity contribution in [3.63, 3.8) is 0 Å². The van der Waals surface area contributed by atoms with Gasteiger partial charge in [-0.2, -0.15) is 0 Å². The minimum Gasteiger partial charge on any atom is -0.490 e. The molecule has 2 atom stereocenters. The molecule has 0 N–H and O–H groups in total. The summed E-state index contributed by atoms with van der Waals surface area (Å²) < 4.78 is 18.1. The molecule has 0 spiro atoms. The van der Waals surface area contributed by atoms with E-state index in [4.69, 9.17) is 25.8 Å². The van der Waals surface area contributed by atoms with Crippen molar-refractivity contribution in [1.29, 1.82) is 0 Å². The van der Waals surface area contributed by atoms with Crippen LogP contribution in [0.1, 0.15) is 67.9 Å². The van der Waals surface area contributed by atoms with Crippen LogP contribution in [0.2, 0.25) is 5.15 Å². The van der Waals surface area contributed by atoms with Gasteiger partial charge in [0.2, 0.25) is 0 Å². The van der Waals surface area contributed by atoms with Crippen molar-refractivity contribution in [1.82, 2.24) is 9.55 Å². The van der Waals surface area contributed by atoms with Gasteiger partial charge in [-0.3, -0.25) is 4.79 Å². The summed E-state index contributed by atoms with van der Waals surface area (Å²) in [5, 5.41) is 0.255. The number of rotatable bonds is 7. The lowest BCUT2D eigenvalue weighted by molar-refractivity contribution is 0.0523. The van der Waals surface area contributed by atoms with Crippen molar-refractivity contribution in [2.75, 3.05) is 26.9 Å². The number of halogens is 1. The monoisotopic (exact) mass is 460 g/mol. The second-order valence-corrected chi connectivity index (χ2v) is 9.41. The molecule has 4 rings (SSSR count). The summed E-state index contributed by atoms with van der Waals surface area (Å²) in [6.07, 6.45) is 4.37. The van der Waals surface area contributed by atoms with Gasteiger partial charge >= 0.3 is 5.97 Å². The van der Waals surface area contributed by atoms with Crippen LogP contribution in [0.25, 0.3) is 11.4 Å². The van der Waals surface area contributed by atoms with Crippen LogP contribution in [0, 0.1) is 5.41 Å². The van der Waals surface area contributed by atoms with E-state index in [9.17, 15) is 9.59 Å². The molecule has 3 heterocycles. The Morgan fingerprint density at radius 2 is 2.09 bits per heavy atom. The van der Waals surface area contributed by atoms with Gasteiger partial charge in [-0.1, -0.05) is 25.4 Å². The van der Waals surface area contributed by atoms with Gasteiger partial charge in [0.1, 0.15) is 5.56 Å². The molecular formula is C24H29ClN2O5. The third kappa shape index (κ3) is 3.92. The number of carbonyl (C=O) groups is 1. The second kappa shape index (κ2) is 8.87. The first-order valence-corrected chi connectivity index (χ1v) is 11.4. The number of fused-ring (bicyclic) bond motifs is 6. The topological polar surface area (TPSA) is 79.7 Å². The maximum Gasteiger partial charge on any atom is 0.343 e. The minimum absolute atomic E-state index is 0.0305. The molecule has 1 aliphatic carbocycles. The Bertz CT molecular complexity index is 1090. The van der Waals surface area contributed by atoms with E-state index in [0.29, 0.717) is 30.4 Å². The van der Waals surface area contributed by atoms with Crippen molar-refractivity contribution < 1.29 is 19.0 Å². The smallest absolute Gasteiger partial charge is 0.343 e. The zero-order valence-corrected chi connectivity index (χ0v) is 19.7. The molecule has 1 saturated carbocycles. The molecule has 0 amide bonds. The number of hydrogen-bond acceptors (Lipinski definition) is 6. The second-order valence-electron chi connectivity index (χ2n) is 9.05. The van der Waals surface area contributed by atoms with Gasteiger partial charge in [0.25, 0.3) is 0 Å². The quantitative estimate of drug-likeness (QED) is 0.341. The van der Waals surface area contributed by atoms with Crippen LogP contribution in [0.15, 0.2) is 23.1 Å². The molecule has 7 nitrogen and oxygen atoms in total. The summed E-state index contributed by atoms with van der Waals surface area (Å²) in [7, 11) is 1.65. The first kappa shape index (κ1) is 22.8. The molecule has 172 valence electrons. The number of methoxy groups -OCH3 is 1. The van der Waals surface area contributed by atoms with Crippen LogP contribution in [-0.4, -0.2) is 42.5 Å². The molecule has 32 heavy (non-hydrogen) atoms. The van der Waals surface area contributed by atoms with Gasteiger partial charge in [0.05, 0.1) is 24.6 Å². The van der Waals surface area contributed by atoms with Crippen molar-refractivity contribution in [2.24, 2.45) is 5.41 Å². The molecule has 0 radical (unpaired) electrons. The molecule has 0 bridgehead atoms. The fourth-order valence-corrected chi connectivity index (χ4v) is 5.26. The number of aromatic nitrogens is 2. The fourth-order valence-electron chi connectivity index (χ4n) is 5.07. The van der Waals surface area contributed by atoms with E-state index in [-0.39, 0.29) is 40.1 Å². The van der Waals surface area contributed by atoms with E-state index in [1.807, 2.05) is 10.6 Å². The van der Waals surface area contributed by atoms with Crippen LogP contribution in [0.4, 0.5) is 0 Å². The van der Waals surface area contributed by atoms with Gasteiger partial charge in [0.15, 0.2) is 16.3 Å². The minimum atomic E-state index is -0.600. The maximum absolute atomic E-state index is 12.8. The van der Waals surface area contributed by atoms with Gasteiger partial charge in [0, 0.05) is 44.4 Å². The normalized spacial score (nSPS) is 20.3. The molecule has 0 aromatic carbocycles. The Morgan fingerprint density at radius 3 is 2.81 bits per heavy atom. The predicted octanol–water partition coefficient (Wildman–Crippen LogP) is 4.61. The van der Waals surface area contributed by atoms with E-state index in [0.717, 1.165) is 24.8 Å². The zero-order valence-electron chi connectivity index (χ0n) is 18.9. The summed E-state index contributed by atoms with van der Waals surface area (Å²) in [6.45, 7) is 7.46.